The molecule has 5 atom stereocenters. The lowest BCUT2D eigenvalue weighted by molar-refractivity contribution is -0.166. The second-order valence-corrected chi connectivity index (χ2v) is 11.0. The van der Waals surface area contributed by atoms with E-state index < -0.39 is 23.7 Å². The summed E-state index contributed by atoms with van der Waals surface area (Å²) in [6, 6.07) is 0. The van der Waals surface area contributed by atoms with E-state index in [4.69, 9.17) is 0 Å². The number of alkyl halides is 2. The van der Waals surface area contributed by atoms with Crippen molar-refractivity contribution in [2.45, 2.75) is 103 Å². The van der Waals surface area contributed by atoms with Crippen molar-refractivity contribution in [3.63, 3.8) is 0 Å². The fourth-order valence-corrected chi connectivity index (χ4v) is 5.94. The predicted octanol–water partition coefficient (Wildman–Crippen LogP) is 5.87. The standard InChI is InChI=1S/C27H40F2O3/c1-17(12-14-27(28,29)25(3,4)32)22-10-11-23-19(7-6-13-26(22,23)5)8-9-20-15-21(30)16-24(31)18(20)2/h8-10,17,21,23-24,30-32H,2,6-7,11-16H2,1,3-5H3/b19-8+,20-9-/t17-,21+,23+,24-,26-/m1/s1. The zero-order valence-corrected chi connectivity index (χ0v) is 20.0. The van der Waals surface area contributed by atoms with Crippen LogP contribution in [-0.4, -0.2) is 39.1 Å². The Morgan fingerprint density at radius 2 is 1.97 bits per heavy atom. The fourth-order valence-electron chi connectivity index (χ4n) is 5.94. The minimum Gasteiger partial charge on any atom is -0.393 e. The average Bonchev–Trinajstić information content (AvgIpc) is 3.04. The van der Waals surface area contributed by atoms with Crippen LogP contribution in [0.1, 0.15) is 79.1 Å². The van der Waals surface area contributed by atoms with Crippen molar-refractivity contribution >= 4 is 0 Å². The van der Waals surface area contributed by atoms with E-state index in [9.17, 15) is 24.1 Å². The molecule has 0 aromatic rings. The van der Waals surface area contributed by atoms with Gasteiger partial charge >= 0.3 is 0 Å². The Morgan fingerprint density at radius 1 is 1.28 bits per heavy atom. The molecule has 0 saturated heterocycles. The van der Waals surface area contributed by atoms with Crippen LogP contribution < -0.4 is 0 Å². The number of halogens is 2. The highest BCUT2D eigenvalue weighted by molar-refractivity contribution is 5.40. The zero-order chi connectivity index (χ0) is 23.9. The number of aliphatic hydroxyl groups excluding tert-OH is 2. The third-order valence-electron chi connectivity index (χ3n) is 8.19. The summed E-state index contributed by atoms with van der Waals surface area (Å²) in [5.74, 6) is -2.71. The first-order valence-electron chi connectivity index (χ1n) is 12.0. The number of rotatable bonds is 6. The Morgan fingerprint density at radius 3 is 2.62 bits per heavy atom. The molecule has 0 amide bonds. The molecule has 3 N–H and O–H groups in total. The SMILES string of the molecule is C=C1/C(=C\C=C2/CCC[C@]3(C)C([C@H](C)CCC(F)(F)C(C)(C)O)=CC[C@@H]23)C[C@H](O)C[C@H]1O. The van der Waals surface area contributed by atoms with E-state index in [0.29, 0.717) is 30.8 Å². The molecular formula is C27H40F2O3. The minimum atomic E-state index is -3.11. The van der Waals surface area contributed by atoms with Crippen molar-refractivity contribution in [2.24, 2.45) is 17.3 Å². The van der Waals surface area contributed by atoms with Gasteiger partial charge in [0.1, 0.15) is 5.60 Å². The molecular weight excluding hydrogens is 410 g/mol. The monoisotopic (exact) mass is 450 g/mol. The first-order chi connectivity index (χ1) is 14.8. The first kappa shape index (κ1) is 25.3. The average molecular weight is 451 g/mol. The van der Waals surface area contributed by atoms with E-state index in [1.807, 2.05) is 13.0 Å². The molecule has 0 heterocycles. The van der Waals surface area contributed by atoms with Crippen LogP contribution >= 0.6 is 0 Å². The van der Waals surface area contributed by atoms with Crippen molar-refractivity contribution in [3.8, 4) is 0 Å². The zero-order valence-electron chi connectivity index (χ0n) is 20.0. The number of aliphatic hydroxyl groups is 3. The second kappa shape index (κ2) is 9.15. The third kappa shape index (κ3) is 4.95. The topological polar surface area (TPSA) is 60.7 Å². The van der Waals surface area contributed by atoms with E-state index in [2.05, 4.69) is 25.7 Å². The lowest BCUT2D eigenvalue weighted by Crippen LogP contribution is -2.43. The Labute approximate surface area is 191 Å². The predicted molar refractivity (Wildman–Crippen MR) is 124 cm³/mol. The van der Waals surface area contributed by atoms with Gasteiger partial charge in [0.25, 0.3) is 5.92 Å². The lowest BCUT2D eigenvalue weighted by Gasteiger charge is -2.43. The summed E-state index contributed by atoms with van der Waals surface area (Å²) < 4.78 is 28.6. The van der Waals surface area contributed by atoms with E-state index in [1.54, 1.807) is 0 Å². The van der Waals surface area contributed by atoms with Crippen LogP contribution in [0.25, 0.3) is 0 Å². The van der Waals surface area contributed by atoms with Crippen LogP contribution in [0.5, 0.6) is 0 Å². The molecule has 3 nitrogen and oxygen atoms in total. The molecule has 3 aliphatic carbocycles. The van der Waals surface area contributed by atoms with Gasteiger partial charge in [0.15, 0.2) is 0 Å². The number of hydrogen-bond acceptors (Lipinski definition) is 3. The van der Waals surface area contributed by atoms with Gasteiger partial charge in [-0.1, -0.05) is 49.8 Å². The van der Waals surface area contributed by atoms with Crippen LogP contribution in [0.4, 0.5) is 8.78 Å². The highest BCUT2D eigenvalue weighted by atomic mass is 19.3. The van der Waals surface area contributed by atoms with Gasteiger partial charge in [-0.25, -0.2) is 8.78 Å². The smallest absolute Gasteiger partial charge is 0.275 e. The van der Waals surface area contributed by atoms with Crippen molar-refractivity contribution in [1.82, 2.24) is 0 Å². The van der Waals surface area contributed by atoms with Crippen molar-refractivity contribution < 1.29 is 24.1 Å². The third-order valence-corrected chi connectivity index (χ3v) is 8.19. The highest BCUT2D eigenvalue weighted by Gasteiger charge is 2.48. The molecule has 32 heavy (non-hydrogen) atoms. The number of hydrogen-bond donors (Lipinski definition) is 3. The van der Waals surface area contributed by atoms with Gasteiger partial charge in [-0.2, -0.15) is 0 Å². The molecule has 0 radical (unpaired) electrons. The van der Waals surface area contributed by atoms with E-state index in [1.165, 1.54) is 25.0 Å². The maximum absolute atomic E-state index is 14.3. The fraction of sp³-hybridized carbons (Fsp3) is 0.704. The Hall–Kier alpha value is -1.30. The minimum absolute atomic E-state index is 0.0331. The van der Waals surface area contributed by atoms with E-state index >= 15 is 0 Å². The molecule has 5 heteroatoms. The molecule has 2 fully saturated rings. The van der Waals surface area contributed by atoms with Crippen LogP contribution in [0.3, 0.4) is 0 Å². The number of allylic oxidation sites excluding steroid dienone is 5. The molecule has 0 spiro atoms. The Bertz CT molecular complexity index is 817. The summed E-state index contributed by atoms with van der Waals surface area (Å²) in [4.78, 5) is 0. The van der Waals surface area contributed by atoms with Crippen molar-refractivity contribution in [1.29, 1.82) is 0 Å². The Balaban J connectivity index is 1.74. The van der Waals surface area contributed by atoms with Gasteiger partial charge in [-0.3, -0.25) is 0 Å². The van der Waals surface area contributed by atoms with Crippen molar-refractivity contribution in [3.05, 3.63) is 47.1 Å². The molecule has 3 rings (SSSR count). The van der Waals surface area contributed by atoms with Gasteiger partial charge in [0.05, 0.1) is 12.2 Å². The molecule has 0 aromatic carbocycles. The second-order valence-electron chi connectivity index (χ2n) is 11.0. The van der Waals surface area contributed by atoms with Crippen LogP contribution in [0.2, 0.25) is 0 Å². The van der Waals surface area contributed by atoms with Gasteiger partial charge in [0, 0.05) is 12.8 Å². The molecule has 0 bridgehead atoms. The van der Waals surface area contributed by atoms with Crippen molar-refractivity contribution in [2.75, 3.05) is 0 Å². The molecule has 0 aliphatic heterocycles. The summed E-state index contributed by atoms with van der Waals surface area (Å²) >= 11 is 0. The highest BCUT2D eigenvalue weighted by Crippen LogP contribution is 2.57. The molecule has 0 unspecified atom stereocenters. The van der Waals surface area contributed by atoms with Crippen LogP contribution in [0.15, 0.2) is 47.1 Å². The maximum atomic E-state index is 14.3. The Kier molecular flexibility index (Phi) is 7.24. The summed E-state index contributed by atoms with van der Waals surface area (Å²) in [7, 11) is 0. The molecule has 0 aromatic heterocycles. The molecule has 180 valence electrons. The van der Waals surface area contributed by atoms with Crippen LogP contribution in [-0.2, 0) is 0 Å². The lowest BCUT2D eigenvalue weighted by atomic mass is 9.62. The van der Waals surface area contributed by atoms with Gasteiger partial charge in [-0.05, 0) is 80.8 Å². The molecule has 3 aliphatic rings. The largest absolute Gasteiger partial charge is 0.393 e. The first-order valence-corrected chi connectivity index (χ1v) is 12.0. The summed E-state index contributed by atoms with van der Waals surface area (Å²) in [5.41, 5.74) is 2.19. The van der Waals surface area contributed by atoms with Crippen LogP contribution in [0, 0.1) is 17.3 Å². The molecule has 2 saturated carbocycles. The normalized spacial score (nSPS) is 35.2. The van der Waals surface area contributed by atoms with Gasteiger partial charge < -0.3 is 15.3 Å². The quantitative estimate of drug-likeness (QED) is 0.444. The number of fused-ring (bicyclic) bond motifs is 1. The van der Waals surface area contributed by atoms with E-state index in [-0.39, 0.29) is 17.8 Å². The summed E-state index contributed by atoms with van der Waals surface area (Å²) in [6.45, 7) is 10.7. The summed E-state index contributed by atoms with van der Waals surface area (Å²) in [5, 5.41) is 29.9. The van der Waals surface area contributed by atoms with E-state index in [0.717, 1.165) is 31.3 Å². The summed E-state index contributed by atoms with van der Waals surface area (Å²) in [6.07, 6.45) is 10.1. The van der Waals surface area contributed by atoms with Gasteiger partial charge in [0.2, 0.25) is 0 Å². The van der Waals surface area contributed by atoms with Gasteiger partial charge in [-0.15, -0.1) is 0 Å². The maximum Gasteiger partial charge on any atom is 0.275 e.